The minimum absolute atomic E-state index is 0.154. The maximum atomic E-state index is 6.33. The molecular formula is C19H18ClNO2. The summed E-state index contributed by atoms with van der Waals surface area (Å²) in [5.41, 5.74) is 1.82. The van der Waals surface area contributed by atoms with Gasteiger partial charge in [-0.2, -0.15) is 0 Å². The topological polar surface area (TPSA) is 31.4 Å². The van der Waals surface area contributed by atoms with Crippen LogP contribution in [0.1, 0.15) is 13.8 Å². The normalized spacial score (nSPS) is 11.0. The molecule has 1 heterocycles. The summed E-state index contributed by atoms with van der Waals surface area (Å²) in [6.07, 6.45) is 0.154. The second-order valence-corrected chi connectivity index (χ2v) is 5.93. The Balaban J connectivity index is 2.02. The summed E-state index contributed by atoms with van der Waals surface area (Å²) in [5.74, 6) is 1.64. The van der Waals surface area contributed by atoms with Crippen molar-refractivity contribution in [3.8, 4) is 22.8 Å². The number of benzene rings is 2. The zero-order chi connectivity index (χ0) is 16.4. The fourth-order valence-corrected chi connectivity index (χ4v) is 2.71. The lowest BCUT2D eigenvalue weighted by molar-refractivity contribution is 0.242. The van der Waals surface area contributed by atoms with E-state index in [4.69, 9.17) is 21.1 Å². The van der Waals surface area contributed by atoms with E-state index in [9.17, 15) is 0 Å². The van der Waals surface area contributed by atoms with Gasteiger partial charge in [-0.1, -0.05) is 11.6 Å². The number of aromatic nitrogens is 1. The van der Waals surface area contributed by atoms with Crippen molar-refractivity contribution < 1.29 is 9.47 Å². The highest BCUT2D eigenvalue weighted by atomic mass is 35.5. The van der Waals surface area contributed by atoms with Crippen molar-refractivity contribution in [3.63, 3.8) is 0 Å². The van der Waals surface area contributed by atoms with Gasteiger partial charge in [-0.05, 0) is 67.8 Å². The van der Waals surface area contributed by atoms with E-state index in [2.05, 4.69) is 4.98 Å². The Bertz CT molecular complexity index is 829. The molecule has 3 nitrogen and oxygen atoms in total. The molecule has 0 aliphatic heterocycles. The molecule has 0 fully saturated rings. The summed E-state index contributed by atoms with van der Waals surface area (Å²) in [7, 11) is 1.65. The quantitative estimate of drug-likeness (QED) is 0.605. The third-order valence-electron chi connectivity index (χ3n) is 3.51. The molecule has 1 aromatic heterocycles. The SMILES string of the molecule is COc1ccc2c(Cl)nc(-c3ccc(OC(C)C)cc3)cc2c1. The summed E-state index contributed by atoms with van der Waals surface area (Å²) in [5, 5.41) is 2.40. The molecule has 0 amide bonds. The Morgan fingerprint density at radius 1 is 0.957 bits per heavy atom. The van der Waals surface area contributed by atoms with Gasteiger partial charge in [0.1, 0.15) is 16.7 Å². The fourth-order valence-electron chi connectivity index (χ4n) is 2.44. The van der Waals surface area contributed by atoms with Crippen molar-refractivity contribution in [3.05, 3.63) is 53.7 Å². The van der Waals surface area contributed by atoms with Gasteiger partial charge in [0, 0.05) is 10.9 Å². The Morgan fingerprint density at radius 2 is 1.65 bits per heavy atom. The van der Waals surface area contributed by atoms with Gasteiger partial charge < -0.3 is 9.47 Å². The van der Waals surface area contributed by atoms with E-state index in [1.165, 1.54) is 0 Å². The number of ether oxygens (including phenoxy) is 2. The van der Waals surface area contributed by atoms with Crippen molar-refractivity contribution >= 4 is 22.4 Å². The second kappa shape index (κ2) is 6.47. The van der Waals surface area contributed by atoms with Crippen LogP contribution in [0.2, 0.25) is 5.15 Å². The zero-order valence-electron chi connectivity index (χ0n) is 13.3. The highest BCUT2D eigenvalue weighted by Gasteiger charge is 2.08. The summed E-state index contributed by atoms with van der Waals surface area (Å²) in [6.45, 7) is 4.01. The molecular weight excluding hydrogens is 310 g/mol. The first-order chi connectivity index (χ1) is 11.1. The summed E-state index contributed by atoms with van der Waals surface area (Å²) in [6, 6.07) is 15.7. The van der Waals surface area contributed by atoms with Gasteiger partial charge in [-0.3, -0.25) is 0 Å². The maximum Gasteiger partial charge on any atom is 0.137 e. The van der Waals surface area contributed by atoms with Crippen LogP contribution in [0.4, 0.5) is 0 Å². The zero-order valence-corrected chi connectivity index (χ0v) is 14.1. The lowest BCUT2D eigenvalue weighted by Gasteiger charge is -2.11. The Hall–Kier alpha value is -2.26. The predicted molar refractivity (Wildman–Crippen MR) is 94.5 cm³/mol. The Morgan fingerprint density at radius 3 is 2.30 bits per heavy atom. The van der Waals surface area contributed by atoms with Crippen molar-refractivity contribution in [2.45, 2.75) is 20.0 Å². The third-order valence-corrected chi connectivity index (χ3v) is 3.80. The molecule has 0 bridgehead atoms. The molecule has 3 aromatic rings. The molecule has 0 aliphatic carbocycles. The fraction of sp³-hybridized carbons (Fsp3) is 0.211. The highest BCUT2D eigenvalue weighted by molar-refractivity contribution is 6.34. The van der Waals surface area contributed by atoms with Crippen LogP contribution in [0, 0.1) is 0 Å². The minimum atomic E-state index is 0.154. The van der Waals surface area contributed by atoms with Crippen molar-refractivity contribution in [2.24, 2.45) is 0 Å². The van der Waals surface area contributed by atoms with Crippen molar-refractivity contribution in [2.75, 3.05) is 7.11 Å². The lowest BCUT2D eigenvalue weighted by Crippen LogP contribution is -2.05. The average molecular weight is 328 g/mol. The number of pyridine rings is 1. The summed E-state index contributed by atoms with van der Waals surface area (Å²) in [4.78, 5) is 4.50. The van der Waals surface area contributed by atoms with Crippen molar-refractivity contribution in [1.82, 2.24) is 4.98 Å². The minimum Gasteiger partial charge on any atom is -0.497 e. The molecule has 0 atom stereocenters. The molecule has 118 valence electrons. The molecule has 4 heteroatoms. The number of fused-ring (bicyclic) bond motifs is 1. The van der Waals surface area contributed by atoms with E-state index in [1.54, 1.807) is 7.11 Å². The van der Waals surface area contributed by atoms with Crippen LogP contribution >= 0.6 is 11.6 Å². The molecule has 0 saturated carbocycles. The van der Waals surface area contributed by atoms with E-state index < -0.39 is 0 Å². The van der Waals surface area contributed by atoms with Crippen LogP contribution in [0.25, 0.3) is 22.0 Å². The van der Waals surface area contributed by atoms with Gasteiger partial charge >= 0.3 is 0 Å². The van der Waals surface area contributed by atoms with Crippen LogP contribution in [0.15, 0.2) is 48.5 Å². The van der Waals surface area contributed by atoms with E-state index in [0.717, 1.165) is 33.5 Å². The molecule has 23 heavy (non-hydrogen) atoms. The largest absolute Gasteiger partial charge is 0.497 e. The predicted octanol–water partition coefficient (Wildman–Crippen LogP) is 5.35. The second-order valence-electron chi connectivity index (χ2n) is 5.58. The van der Waals surface area contributed by atoms with Gasteiger partial charge in [0.05, 0.1) is 18.9 Å². The first kappa shape index (κ1) is 15.6. The van der Waals surface area contributed by atoms with Gasteiger partial charge in [-0.25, -0.2) is 4.98 Å². The van der Waals surface area contributed by atoms with E-state index >= 15 is 0 Å². The molecule has 0 N–H and O–H groups in total. The summed E-state index contributed by atoms with van der Waals surface area (Å²) >= 11 is 6.33. The molecule has 0 saturated heterocycles. The van der Waals surface area contributed by atoms with Crippen LogP contribution < -0.4 is 9.47 Å². The van der Waals surface area contributed by atoms with Crippen LogP contribution in [0.3, 0.4) is 0 Å². The third kappa shape index (κ3) is 3.40. The maximum absolute atomic E-state index is 6.33. The van der Waals surface area contributed by atoms with Gasteiger partial charge in [0.2, 0.25) is 0 Å². The van der Waals surface area contributed by atoms with E-state index in [0.29, 0.717) is 5.15 Å². The van der Waals surface area contributed by atoms with Gasteiger partial charge in [0.15, 0.2) is 0 Å². The van der Waals surface area contributed by atoms with Crippen molar-refractivity contribution in [1.29, 1.82) is 0 Å². The number of halogens is 1. The molecule has 2 aromatic carbocycles. The Labute approximate surface area is 140 Å². The molecule has 3 rings (SSSR count). The van der Waals surface area contributed by atoms with Gasteiger partial charge in [-0.15, -0.1) is 0 Å². The highest BCUT2D eigenvalue weighted by Crippen LogP contribution is 2.30. The van der Waals surface area contributed by atoms with E-state index in [-0.39, 0.29) is 6.10 Å². The van der Waals surface area contributed by atoms with Crippen LogP contribution in [-0.2, 0) is 0 Å². The monoisotopic (exact) mass is 327 g/mol. The number of rotatable bonds is 4. The first-order valence-corrected chi connectivity index (χ1v) is 7.86. The molecule has 0 radical (unpaired) electrons. The molecule has 0 unspecified atom stereocenters. The lowest BCUT2D eigenvalue weighted by atomic mass is 10.1. The molecule has 0 aliphatic rings. The number of methoxy groups -OCH3 is 1. The summed E-state index contributed by atoms with van der Waals surface area (Å²) < 4.78 is 10.9. The average Bonchev–Trinajstić information content (AvgIpc) is 2.54. The number of nitrogens with zero attached hydrogens (tertiary/aromatic N) is 1. The van der Waals surface area contributed by atoms with E-state index in [1.807, 2.05) is 62.4 Å². The standard InChI is InChI=1S/C19H18ClNO2/c1-12(2)23-15-6-4-13(5-7-15)18-11-14-10-16(22-3)8-9-17(14)19(20)21-18/h4-12H,1-3H3. The van der Waals surface area contributed by atoms with Gasteiger partial charge in [0.25, 0.3) is 0 Å². The Kier molecular flexibility index (Phi) is 4.39. The van der Waals surface area contributed by atoms with Crippen LogP contribution in [-0.4, -0.2) is 18.2 Å². The number of hydrogen-bond acceptors (Lipinski definition) is 3. The first-order valence-electron chi connectivity index (χ1n) is 7.48. The smallest absolute Gasteiger partial charge is 0.137 e. The number of hydrogen-bond donors (Lipinski definition) is 0. The molecule has 0 spiro atoms. The van der Waals surface area contributed by atoms with Crippen LogP contribution in [0.5, 0.6) is 11.5 Å².